The Labute approximate surface area is 369 Å². The third-order valence-electron chi connectivity index (χ3n) is 12.3. The average Bonchev–Trinajstić information content (AvgIpc) is 3.59. The highest BCUT2D eigenvalue weighted by Gasteiger charge is 2.30. The molecule has 0 N–H and O–H groups in total. The molecule has 0 unspecified atom stereocenters. The van der Waals surface area contributed by atoms with Gasteiger partial charge in [-0.2, -0.15) is 0 Å². The van der Waals surface area contributed by atoms with E-state index in [4.69, 9.17) is 6.85 Å². The van der Waals surface area contributed by atoms with E-state index < -0.39 is 6.04 Å². The van der Waals surface area contributed by atoms with Crippen LogP contribution in [-0.2, 0) is 0 Å². The molecule has 12 rings (SSSR count). The number of benzene rings is 10. The Morgan fingerprint density at radius 3 is 1.13 bits per heavy atom. The largest absolute Gasteiger partial charge is 0.309 e. The lowest BCUT2D eigenvalue weighted by Crippen LogP contribution is -2.12. The highest BCUT2D eigenvalue weighted by Crippen LogP contribution is 2.55. The van der Waals surface area contributed by atoms with Crippen molar-refractivity contribution in [2.24, 2.45) is 0 Å². The van der Waals surface area contributed by atoms with Gasteiger partial charge in [-0.05, 0) is 111 Å². The Hall–Kier alpha value is -8.20. The summed E-state index contributed by atoms with van der Waals surface area (Å²) in [6, 6.07) is 72.8. The van der Waals surface area contributed by atoms with Gasteiger partial charge in [-0.15, -0.1) is 0 Å². The average molecular weight is 794 g/mol. The van der Waals surface area contributed by atoms with Crippen molar-refractivity contribution < 1.29 is 6.85 Å². The summed E-state index contributed by atoms with van der Waals surface area (Å²) in [6.07, 6.45) is 0. The summed E-state index contributed by atoms with van der Waals surface area (Å²) in [4.78, 5) is 4.28. The van der Waals surface area contributed by atoms with Crippen LogP contribution in [0.4, 0.5) is 34.1 Å². The van der Waals surface area contributed by atoms with Gasteiger partial charge in [0.1, 0.15) is 0 Å². The van der Waals surface area contributed by atoms with Gasteiger partial charge in [-0.25, -0.2) is 0 Å². The van der Waals surface area contributed by atoms with Gasteiger partial charge in [-0.1, -0.05) is 182 Å². The van der Waals surface area contributed by atoms with Gasteiger partial charge in [0, 0.05) is 33.5 Å². The first-order valence-corrected chi connectivity index (χ1v) is 20.9. The van der Waals surface area contributed by atoms with Gasteiger partial charge in [0.2, 0.25) is 0 Å². The standard InChI is InChI=1S/C60H40N2/c1-4-18-41(19-5-1)43-32-35-58(53(38-43)42-20-6-2-7-21-42)62-57-31-17-15-29-52(57)48-25-11-13-27-50(48)55-40-45(34-37-60(55)62)44-33-36-59-54(39-44)49-26-12-10-24-47(49)51-28-14-16-30-56(51)61(59)46-22-8-3-9-23-46/h1-40H/i3D,8D,9D,22D,23D. The van der Waals surface area contributed by atoms with E-state index in [9.17, 15) is 0 Å². The molecule has 2 heterocycles. The molecule has 0 fully saturated rings. The maximum Gasteiger partial charge on any atom is 0.0645 e. The molecule has 2 aliphatic heterocycles. The molecule has 0 aliphatic carbocycles. The normalized spacial score (nSPS) is 13.3. The first-order valence-electron chi connectivity index (χ1n) is 23.4. The molecule has 0 saturated heterocycles. The second kappa shape index (κ2) is 14.8. The summed E-state index contributed by atoms with van der Waals surface area (Å²) in [6.45, 7) is 0. The van der Waals surface area contributed by atoms with Crippen LogP contribution in [0.3, 0.4) is 0 Å². The zero-order valence-electron chi connectivity index (χ0n) is 38.6. The van der Waals surface area contributed by atoms with Crippen molar-refractivity contribution in [1.82, 2.24) is 0 Å². The summed E-state index contributed by atoms with van der Waals surface area (Å²) < 4.78 is 44.1. The van der Waals surface area contributed by atoms with E-state index in [0.717, 1.165) is 101 Å². The second-order valence-electron chi connectivity index (χ2n) is 15.7. The molecule has 2 aliphatic rings. The van der Waals surface area contributed by atoms with Crippen LogP contribution in [-0.4, -0.2) is 0 Å². The highest BCUT2D eigenvalue weighted by atomic mass is 15.2. The quantitative estimate of drug-likeness (QED) is 0.171. The molecule has 0 radical (unpaired) electrons. The fourth-order valence-electron chi connectivity index (χ4n) is 9.46. The lowest BCUT2D eigenvalue weighted by atomic mass is 9.90. The van der Waals surface area contributed by atoms with Crippen LogP contribution in [0.2, 0.25) is 0 Å². The maximum absolute atomic E-state index is 9.15. The molecule has 0 saturated carbocycles. The van der Waals surface area contributed by atoms with E-state index in [-0.39, 0.29) is 29.9 Å². The number of hydrogen-bond acceptors (Lipinski definition) is 2. The van der Waals surface area contributed by atoms with E-state index in [0.29, 0.717) is 5.69 Å². The predicted molar refractivity (Wildman–Crippen MR) is 261 cm³/mol. The van der Waals surface area contributed by atoms with Crippen LogP contribution in [0.25, 0.3) is 77.9 Å². The summed E-state index contributed by atoms with van der Waals surface area (Å²) in [5.41, 5.74) is 19.5. The molecule has 0 atom stereocenters. The lowest BCUT2D eigenvalue weighted by Gasteiger charge is -2.30. The molecule has 290 valence electrons. The number of para-hydroxylation sites is 3. The lowest BCUT2D eigenvalue weighted by molar-refractivity contribution is 1.29. The zero-order chi connectivity index (χ0) is 45.3. The van der Waals surface area contributed by atoms with Crippen molar-refractivity contribution in [2.45, 2.75) is 0 Å². The minimum atomic E-state index is -0.423. The smallest absolute Gasteiger partial charge is 0.0645 e. The third kappa shape index (κ3) is 5.88. The van der Waals surface area contributed by atoms with Gasteiger partial charge >= 0.3 is 0 Å². The van der Waals surface area contributed by atoms with Crippen molar-refractivity contribution in [3.8, 4) is 77.9 Å². The Balaban J connectivity index is 1.09. The monoisotopic (exact) mass is 793 g/mol. The predicted octanol–water partition coefficient (Wildman–Crippen LogP) is 16.9. The third-order valence-corrected chi connectivity index (χ3v) is 12.3. The van der Waals surface area contributed by atoms with Gasteiger partial charge in [-0.3, -0.25) is 0 Å². The number of anilines is 6. The Morgan fingerprint density at radius 1 is 0.242 bits per heavy atom. The first kappa shape index (κ1) is 30.8. The van der Waals surface area contributed by atoms with Crippen molar-refractivity contribution in [3.63, 3.8) is 0 Å². The highest BCUT2D eigenvalue weighted by molar-refractivity contribution is 6.07. The van der Waals surface area contributed by atoms with Gasteiger partial charge < -0.3 is 9.80 Å². The van der Waals surface area contributed by atoms with Gasteiger partial charge in [0.15, 0.2) is 0 Å². The Kier molecular flexibility index (Phi) is 7.35. The molecule has 0 bridgehead atoms. The fraction of sp³-hybridized carbons (Fsp3) is 0. The van der Waals surface area contributed by atoms with E-state index in [1.54, 1.807) is 0 Å². The number of hydrogen-bond donors (Lipinski definition) is 0. The summed E-state index contributed by atoms with van der Waals surface area (Å²) >= 11 is 0. The van der Waals surface area contributed by atoms with Crippen LogP contribution in [0.5, 0.6) is 0 Å². The minimum Gasteiger partial charge on any atom is -0.309 e. The molecule has 0 spiro atoms. The minimum absolute atomic E-state index is 0.105. The van der Waals surface area contributed by atoms with E-state index >= 15 is 0 Å². The van der Waals surface area contributed by atoms with Crippen LogP contribution < -0.4 is 9.80 Å². The molecular weight excluding hydrogens is 749 g/mol. The van der Waals surface area contributed by atoms with Gasteiger partial charge in [0.25, 0.3) is 0 Å². The summed E-state index contributed by atoms with van der Waals surface area (Å²) in [5.74, 6) is 0. The summed E-state index contributed by atoms with van der Waals surface area (Å²) in [7, 11) is 0. The second-order valence-corrected chi connectivity index (χ2v) is 15.7. The Bertz CT molecular complexity index is 3580. The first-order chi connectivity index (χ1) is 32.9. The number of rotatable bonds is 5. The van der Waals surface area contributed by atoms with E-state index in [2.05, 4.69) is 175 Å². The van der Waals surface area contributed by atoms with Gasteiger partial charge in [0.05, 0.1) is 35.3 Å². The van der Waals surface area contributed by atoms with Crippen LogP contribution in [0.1, 0.15) is 6.85 Å². The van der Waals surface area contributed by atoms with Crippen LogP contribution in [0.15, 0.2) is 243 Å². The number of nitrogens with zero attached hydrogens (tertiary/aromatic N) is 2. The van der Waals surface area contributed by atoms with E-state index in [1.807, 2.05) is 47.4 Å². The molecule has 10 aromatic rings. The molecule has 2 heteroatoms. The van der Waals surface area contributed by atoms with Crippen molar-refractivity contribution in [2.75, 3.05) is 9.80 Å². The summed E-state index contributed by atoms with van der Waals surface area (Å²) in [5, 5.41) is 0. The topological polar surface area (TPSA) is 6.48 Å². The van der Waals surface area contributed by atoms with Crippen molar-refractivity contribution in [3.05, 3.63) is 243 Å². The maximum atomic E-state index is 9.15. The fourth-order valence-corrected chi connectivity index (χ4v) is 9.46. The molecule has 10 aromatic carbocycles. The molecule has 0 amide bonds. The van der Waals surface area contributed by atoms with Crippen molar-refractivity contribution >= 4 is 34.1 Å². The molecule has 62 heavy (non-hydrogen) atoms. The van der Waals surface area contributed by atoms with E-state index in [1.165, 1.54) is 0 Å². The molecule has 0 aromatic heterocycles. The van der Waals surface area contributed by atoms with Crippen LogP contribution in [0, 0.1) is 0 Å². The SMILES string of the molecule is [2H]c1c([2H])c([2H])c(N2c3ccccc3-c3ccccc3-c3cc(-c4ccc5c(c4)-c4ccccc4-c4ccccc4N5c4ccc(-c5ccccc5)cc4-c4ccccc4)ccc32)c([2H])c1[2H]. The zero-order valence-corrected chi connectivity index (χ0v) is 33.6. The van der Waals surface area contributed by atoms with Crippen LogP contribution >= 0.6 is 0 Å². The molecule has 2 nitrogen and oxygen atoms in total. The number of fused-ring (bicyclic) bond motifs is 10. The Morgan fingerprint density at radius 2 is 0.597 bits per heavy atom. The van der Waals surface area contributed by atoms with Crippen molar-refractivity contribution in [1.29, 1.82) is 0 Å². The molecular formula is C60H40N2.